The molecule has 0 unspecified atom stereocenters. The Bertz CT molecular complexity index is 589. The van der Waals surface area contributed by atoms with E-state index in [-0.39, 0.29) is 0 Å². The fourth-order valence-electron chi connectivity index (χ4n) is 1.98. The summed E-state index contributed by atoms with van der Waals surface area (Å²) in [5.74, 6) is 0.836. The molecule has 1 aliphatic rings. The highest BCUT2D eigenvalue weighted by atomic mass is 16.5. The summed E-state index contributed by atoms with van der Waals surface area (Å²) in [4.78, 5) is 4.28. The van der Waals surface area contributed by atoms with Crippen LogP contribution in [0.25, 0.3) is 6.08 Å². The summed E-state index contributed by atoms with van der Waals surface area (Å²) in [6.07, 6.45) is 13.3. The van der Waals surface area contributed by atoms with E-state index in [0.717, 1.165) is 23.5 Å². The van der Waals surface area contributed by atoms with E-state index in [4.69, 9.17) is 4.74 Å². The molecule has 0 aromatic heterocycles. The molecule has 1 aliphatic carbocycles. The van der Waals surface area contributed by atoms with Crippen LogP contribution in [0.5, 0.6) is 0 Å². The molecule has 0 radical (unpaired) electrons. The van der Waals surface area contributed by atoms with Gasteiger partial charge in [0.25, 0.3) is 0 Å². The van der Waals surface area contributed by atoms with Gasteiger partial charge in [0.05, 0.1) is 12.8 Å². The molecule has 0 fully saturated rings. The van der Waals surface area contributed by atoms with Crippen LogP contribution < -0.4 is 0 Å². The first-order chi connectivity index (χ1) is 10.8. The average molecular weight is 295 g/mol. The van der Waals surface area contributed by atoms with Gasteiger partial charge in [-0.25, -0.2) is 0 Å². The van der Waals surface area contributed by atoms with Crippen molar-refractivity contribution in [3.63, 3.8) is 0 Å². The van der Waals surface area contributed by atoms with Crippen molar-refractivity contribution in [3.05, 3.63) is 77.6 Å². The summed E-state index contributed by atoms with van der Waals surface area (Å²) in [5, 5.41) is 0. The molecule has 0 spiro atoms. The molecule has 116 valence electrons. The van der Waals surface area contributed by atoms with Crippen LogP contribution in [0.15, 0.2) is 77.0 Å². The first-order valence-electron chi connectivity index (χ1n) is 7.66. The van der Waals surface area contributed by atoms with Gasteiger partial charge in [-0.05, 0) is 29.7 Å². The maximum absolute atomic E-state index is 5.21. The third kappa shape index (κ3) is 5.57. The first kappa shape index (κ1) is 17.7. The zero-order valence-corrected chi connectivity index (χ0v) is 13.9. The van der Waals surface area contributed by atoms with E-state index in [1.165, 1.54) is 5.56 Å². The molecule has 0 saturated heterocycles. The van der Waals surface area contributed by atoms with Crippen LogP contribution in [-0.4, -0.2) is 19.9 Å². The Morgan fingerprint density at radius 1 is 1.09 bits per heavy atom. The summed E-state index contributed by atoms with van der Waals surface area (Å²) < 4.78 is 5.21. The van der Waals surface area contributed by atoms with E-state index in [9.17, 15) is 0 Å². The summed E-state index contributed by atoms with van der Waals surface area (Å²) in [6, 6.07) is 10.3. The van der Waals surface area contributed by atoms with Crippen molar-refractivity contribution in [2.24, 2.45) is 4.99 Å². The first-order valence-corrected chi connectivity index (χ1v) is 7.66. The summed E-state index contributed by atoms with van der Waals surface area (Å²) in [6.45, 7) is 4.00. The minimum atomic E-state index is 0.836. The molecule has 0 heterocycles. The second kappa shape index (κ2) is 10.4. The maximum atomic E-state index is 5.21. The van der Waals surface area contributed by atoms with Gasteiger partial charge in [0.2, 0.25) is 0 Å². The van der Waals surface area contributed by atoms with E-state index in [1.807, 2.05) is 50.3 Å². The number of methoxy groups -OCH3 is 1. The number of allylic oxidation sites excluding steroid dienone is 6. The topological polar surface area (TPSA) is 21.6 Å². The average Bonchev–Trinajstić information content (AvgIpc) is 2.61. The molecule has 2 rings (SSSR count). The summed E-state index contributed by atoms with van der Waals surface area (Å²) in [7, 11) is 3.46. The van der Waals surface area contributed by atoms with Gasteiger partial charge in [-0.15, -0.1) is 0 Å². The molecular formula is C20H25NO. The quantitative estimate of drug-likeness (QED) is 0.747. The normalized spacial score (nSPS) is 17.4. The van der Waals surface area contributed by atoms with E-state index >= 15 is 0 Å². The highest BCUT2D eigenvalue weighted by Gasteiger charge is 2.07. The minimum absolute atomic E-state index is 0.836. The second-order valence-corrected chi connectivity index (χ2v) is 4.40. The van der Waals surface area contributed by atoms with Crippen LogP contribution in [0.1, 0.15) is 25.8 Å². The molecule has 1 aromatic rings. The molecule has 0 saturated carbocycles. The zero-order chi connectivity index (χ0) is 16.2. The Hall–Kier alpha value is -2.35. The lowest BCUT2D eigenvalue weighted by atomic mass is 10.0. The van der Waals surface area contributed by atoms with Gasteiger partial charge in [-0.1, -0.05) is 62.4 Å². The van der Waals surface area contributed by atoms with E-state index in [1.54, 1.807) is 14.2 Å². The molecule has 2 heteroatoms. The smallest absolute Gasteiger partial charge is 0.121 e. The number of rotatable bonds is 4. The molecule has 0 bridgehead atoms. The fourth-order valence-corrected chi connectivity index (χ4v) is 1.98. The third-order valence-corrected chi connectivity index (χ3v) is 3.06. The Balaban J connectivity index is 0.00000116. The van der Waals surface area contributed by atoms with E-state index in [0.29, 0.717) is 0 Å². The molecule has 0 N–H and O–H groups in total. The highest BCUT2D eigenvalue weighted by Crippen LogP contribution is 2.15. The number of hydrogen-bond donors (Lipinski definition) is 0. The molecule has 0 atom stereocenters. The fraction of sp³-hybridized carbons (Fsp3) is 0.250. The zero-order valence-electron chi connectivity index (χ0n) is 13.9. The monoisotopic (exact) mass is 295 g/mol. The number of benzene rings is 1. The lowest BCUT2D eigenvalue weighted by Crippen LogP contribution is -2.03. The molecular weight excluding hydrogens is 270 g/mol. The van der Waals surface area contributed by atoms with Crippen LogP contribution >= 0.6 is 0 Å². The molecule has 2 nitrogen and oxygen atoms in total. The highest BCUT2D eigenvalue weighted by molar-refractivity contribution is 6.11. The number of hydrogen-bond acceptors (Lipinski definition) is 2. The number of aliphatic imine (C=N–C) groups is 1. The van der Waals surface area contributed by atoms with E-state index in [2.05, 4.69) is 35.4 Å². The van der Waals surface area contributed by atoms with Crippen LogP contribution in [0.4, 0.5) is 0 Å². The van der Waals surface area contributed by atoms with Gasteiger partial charge >= 0.3 is 0 Å². The predicted octanol–water partition coefficient (Wildman–Crippen LogP) is 5.21. The van der Waals surface area contributed by atoms with Crippen molar-refractivity contribution in [1.29, 1.82) is 0 Å². The Morgan fingerprint density at radius 3 is 2.45 bits per heavy atom. The van der Waals surface area contributed by atoms with Crippen LogP contribution in [0.2, 0.25) is 0 Å². The van der Waals surface area contributed by atoms with Gasteiger partial charge in [-0.2, -0.15) is 0 Å². The Morgan fingerprint density at radius 2 is 1.82 bits per heavy atom. The van der Waals surface area contributed by atoms with Crippen molar-refractivity contribution < 1.29 is 4.74 Å². The van der Waals surface area contributed by atoms with E-state index < -0.39 is 0 Å². The number of ether oxygens (including phenoxy) is 1. The molecule has 1 aromatic carbocycles. The minimum Gasteiger partial charge on any atom is -0.497 e. The molecule has 22 heavy (non-hydrogen) atoms. The SMILES string of the molecule is CC.CN=C1C=C(OC)C=C/C1=C\C/C=C/c1ccccc1. The van der Waals surface area contributed by atoms with Crippen LogP contribution in [0, 0.1) is 0 Å². The molecule has 0 amide bonds. The van der Waals surface area contributed by atoms with Gasteiger partial charge < -0.3 is 4.74 Å². The Kier molecular flexibility index (Phi) is 8.36. The summed E-state index contributed by atoms with van der Waals surface area (Å²) >= 11 is 0. The van der Waals surface area contributed by atoms with Gasteiger partial charge in [0.1, 0.15) is 5.76 Å². The van der Waals surface area contributed by atoms with Gasteiger partial charge in [0, 0.05) is 13.1 Å². The maximum Gasteiger partial charge on any atom is 0.121 e. The second-order valence-electron chi connectivity index (χ2n) is 4.40. The van der Waals surface area contributed by atoms with Crippen molar-refractivity contribution in [2.75, 3.05) is 14.2 Å². The largest absolute Gasteiger partial charge is 0.497 e. The van der Waals surface area contributed by atoms with Crippen LogP contribution in [0.3, 0.4) is 0 Å². The van der Waals surface area contributed by atoms with Crippen LogP contribution in [-0.2, 0) is 4.74 Å². The lowest BCUT2D eigenvalue weighted by Gasteiger charge is -2.10. The molecule has 0 aliphatic heterocycles. The van der Waals surface area contributed by atoms with Gasteiger partial charge in [-0.3, -0.25) is 4.99 Å². The third-order valence-electron chi connectivity index (χ3n) is 3.06. The predicted molar refractivity (Wildman–Crippen MR) is 97.1 cm³/mol. The standard InChI is InChI=1S/C18H19NO.C2H6/c1-19-18-14-17(20-2)13-12-16(18)11-7-6-10-15-8-4-3-5-9-15;1-2/h3-6,8-14H,7H2,1-2H3;1-2H3/b10-6+,16-11+,19-18?;. The van der Waals surface area contributed by atoms with Crippen molar-refractivity contribution in [1.82, 2.24) is 0 Å². The Labute approximate surface area is 134 Å². The van der Waals surface area contributed by atoms with Gasteiger partial charge in [0.15, 0.2) is 0 Å². The lowest BCUT2D eigenvalue weighted by molar-refractivity contribution is 0.307. The number of nitrogens with zero attached hydrogens (tertiary/aromatic N) is 1. The summed E-state index contributed by atoms with van der Waals surface area (Å²) in [5.41, 5.74) is 3.31. The van der Waals surface area contributed by atoms with Crippen molar-refractivity contribution in [3.8, 4) is 0 Å². The van der Waals surface area contributed by atoms with Crippen molar-refractivity contribution >= 4 is 11.8 Å². The van der Waals surface area contributed by atoms with Crippen molar-refractivity contribution in [2.45, 2.75) is 20.3 Å².